The van der Waals surface area contributed by atoms with E-state index in [1.807, 2.05) is 30.5 Å². The van der Waals surface area contributed by atoms with Gasteiger partial charge in [0, 0.05) is 18.9 Å². The van der Waals surface area contributed by atoms with E-state index in [0.29, 0.717) is 23.7 Å². The molecule has 1 aliphatic heterocycles. The van der Waals surface area contributed by atoms with Gasteiger partial charge in [0.25, 0.3) is 5.91 Å². The summed E-state index contributed by atoms with van der Waals surface area (Å²) in [6.45, 7) is 1.37. The molecule has 1 aliphatic rings. The van der Waals surface area contributed by atoms with Gasteiger partial charge < -0.3 is 14.6 Å². The van der Waals surface area contributed by atoms with Crippen LogP contribution in [0.4, 0.5) is 5.82 Å². The number of hydrogen-bond acceptors (Lipinski definition) is 4. The Balaban J connectivity index is 1.75. The normalized spacial score (nSPS) is 14.4. The summed E-state index contributed by atoms with van der Waals surface area (Å²) in [5.41, 5.74) is 1.21. The zero-order valence-electron chi connectivity index (χ0n) is 14.0. The maximum absolute atomic E-state index is 12.8. The van der Waals surface area contributed by atoms with E-state index in [1.165, 1.54) is 0 Å². The van der Waals surface area contributed by atoms with Gasteiger partial charge in [-0.2, -0.15) is 0 Å². The number of hydrogen-bond donors (Lipinski definition) is 1. The molecule has 0 saturated carbocycles. The molecule has 2 aromatic heterocycles. The molecule has 0 atom stereocenters. The Kier molecular flexibility index (Phi) is 4.71. The van der Waals surface area contributed by atoms with Crippen molar-refractivity contribution in [2.45, 2.75) is 19.4 Å². The Morgan fingerprint density at radius 2 is 2.04 bits per heavy atom. The molecular formula is C19H17BrN4O2. The first kappa shape index (κ1) is 16.8. The van der Waals surface area contributed by atoms with Crippen molar-refractivity contribution in [3.05, 3.63) is 58.8 Å². The average molecular weight is 413 g/mol. The topological polar surface area (TPSA) is 69.0 Å². The summed E-state index contributed by atoms with van der Waals surface area (Å²) in [5.74, 6) is 1.57. The van der Waals surface area contributed by atoms with Crippen LogP contribution in [0.3, 0.4) is 0 Å². The van der Waals surface area contributed by atoms with E-state index in [-0.39, 0.29) is 5.91 Å². The molecule has 0 unspecified atom stereocenters. The van der Waals surface area contributed by atoms with E-state index in [1.54, 1.807) is 18.3 Å². The number of para-hydroxylation sites is 1. The highest BCUT2D eigenvalue weighted by atomic mass is 79.9. The number of nitrogens with zero attached hydrogens (tertiary/aromatic N) is 3. The van der Waals surface area contributed by atoms with Crippen LogP contribution in [0.2, 0.25) is 0 Å². The molecule has 0 saturated heterocycles. The van der Waals surface area contributed by atoms with Crippen LogP contribution < -0.4 is 10.1 Å². The fourth-order valence-electron chi connectivity index (χ4n) is 2.93. The molecule has 0 radical (unpaired) electrons. The van der Waals surface area contributed by atoms with Crippen molar-refractivity contribution in [1.82, 2.24) is 14.5 Å². The van der Waals surface area contributed by atoms with E-state index in [2.05, 4.69) is 35.8 Å². The molecule has 3 aromatic rings. The van der Waals surface area contributed by atoms with E-state index in [4.69, 9.17) is 4.74 Å². The molecule has 132 valence electrons. The SMILES string of the molecule is O=C1Nc2cccc(n2)-c2nccn2CCCCOc2c(Br)cccc21. The number of imidazole rings is 1. The summed E-state index contributed by atoms with van der Waals surface area (Å²) in [5, 5.41) is 2.85. The fraction of sp³-hybridized carbons (Fsp3) is 0.211. The Hall–Kier alpha value is -2.67. The number of halogens is 1. The second kappa shape index (κ2) is 7.29. The van der Waals surface area contributed by atoms with Crippen molar-refractivity contribution in [1.29, 1.82) is 0 Å². The molecule has 4 rings (SSSR count). The Labute approximate surface area is 159 Å². The van der Waals surface area contributed by atoms with E-state index >= 15 is 0 Å². The van der Waals surface area contributed by atoms with Gasteiger partial charge in [-0.05, 0) is 53.0 Å². The summed E-state index contributed by atoms with van der Waals surface area (Å²) in [4.78, 5) is 21.7. The quantitative estimate of drug-likeness (QED) is 0.602. The molecule has 7 heteroatoms. The molecule has 0 aliphatic carbocycles. The van der Waals surface area contributed by atoms with Crippen LogP contribution in [-0.2, 0) is 6.54 Å². The maximum Gasteiger partial charge on any atom is 0.260 e. The predicted octanol–water partition coefficient (Wildman–Crippen LogP) is 4.13. The van der Waals surface area contributed by atoms with E-state index in [9.17, 15) is 4.79 Å². The van der Waals surface area contributed by atoms with Crippen LogP contribution in [0.5, 0.6) is 5.75 Å². The number of amides is 1. The highest BCUT2D eigenvalue weighted by Crippen LogP contribution is 2.30. The number of anilines is 1. The number of carbonyl (C=O) groups is 1. The summed E-state index contributed by atoms with van der Waals surface area (Å²) in [7, 11) is 0. The number of fused-ring (bicyclic) bond motifs is 5. The number of pyridine rings is 1. The van der Waals surface area contributed by atoms with Gasteiger partial charge in [0.05, 0.1) is 16.6 Å². The van der Waals surface area contributed by atoms with Gasteiger partial charge in [-0.3, -0.25) is 4.79 Å². The lowest BCUT2D eigenvalue weighted by molar-refractivity contribution is 0.102. The lowest BCUT2D eigenvalue weighted by Crippen LogP contribution is -2.16. The Bertz CT molecular complexity index is 954. The number of aromatic nitrogens is 3. The Morgan fingerprint density at radius 1 is 1.15 bits per heavy atom. The zero-order valence-corrected chi connectivity index (χ0v) is 15.6. The standard InChI is InChI=1S/C19H17BrN4O2/c20-14-6-3-5-13-17(14)26-12-2-1-10-24-11-9-21-18(24)15-7-4-8-16(22-15)23-19(13)25/h3-9,11H,1-2,10,12H2,(H,22,23,25). The molecule has 1 N–H and O–H groups in total. The molecular weight excluding hydrogens is 396 g/mol. The maximum atomic E-state index is 12.8. The van der Waals surface area contributed by atoms with Gasteiger partial charge in [0.15, 0.2) is 5.82 Å². The zero-order chi connectivity index (χ0) is 17.9. The molecule has 1 amide bonds. The van der Waals surface area contributed by atoms with Gasteiger partial charge in [0.1, 0.15) is 17.3 Å². The van der Waals surface area contributed by atoms with Crippen LogP contribution in [0.15, 0.2) is 53.3 Å². The minimum atomic E-state index is -0.258. The van der Waals surface area contributed by atoms with Crippen LogP contribution in [0.25, 0.3) is 11.5 Å². The molecule has 1 aromatic carbocycles. The van der Waals surface area contributed by atoms with Gasteiger partial charge >= 0.3 is 0 Å². The molecule has 6 nitrogen and oxygen atoms in total. The lowest BCUT2D eigenvalue weighted by Gasteiger charge is -2.15. The summed E-state index contributed by atoms with van der Waals surface area (Å²) >= 11 is 3.48. The molecule has 0 spiro atoms. The Morgan fingerprint density at radius 3 is 2.96 bits per heavy atom. The van der Waals surface area contributed by atoms with Crippen LogP contribution in [0, 0.1) is 0 Å². The third-order valence-corrected chi connectivity index (χ3v) is 4.81. The first-order chi connectivity index (χ1) is 12.7. The van der Waals surface area contributed by atoms with Crippen LogP contribution in [-0.4, -0.2) is 27.0 Å². The summed E-state index contributed by atoms with van der Waals surface area (Å²) in [6.07, 6.45) is 5.52. The number of carbonyl (C=O) groups excluding carboxylic acids is 1. The van der Waals surface area contributed by atoms with E-state index in [0.717, 1.165) is 35.4 Å². The van der Waals surface area contributed by atoms with Gasteiger partial charge in [0.2, 0.25) is 0 Å². The van der Waals surface area contributed by atoms with Crippen molar-refractivity contribution in [3.63, 3.8) is 0 Å². The van der Waals surface area contributed by atoms with Crippen LogP contribution >= 0.6 is 15.9 Å². The number of benzene rings is 1. The minimum absolute atomic E-state index is 0.258. The summed E-state index contributed by atoms with van der Waals surface area (Å²) < 4.78 is 8.74. The average Bonchev–Trinajstić information content (AvgIpc) is 3.10. The van der Waals surface area contributed by atoms with Crippen molar-refractivity contribution in [2.75, 3.05) is 11.9 Å². The molecule has 0 fully saturated rings. The van der Waals surface area contributed by atoms with Crippen molar-refractivity contribution >= 4 is 27.7 Å². The number of rotatable bonds is 0. The first-order valence-corrected chi connectivity index (χ1v) is 9.23. The third kappa shape index (κ3) is 3.35. The monoisotopic (exact) mass is 412 g/mol. The number of aryl methyl sites for hydroxylation is 1. The van der Waals surface area contributed by atoms with Crippen molar-refractivity contribution < 1.29 is 9.53 Å². The summed E-state index contributed by atoms with van der Waals surface area (Å²) in [6, 6.07) is 11.0. The second-order valence-electron chi connectivity index (χ2n) is 5.98. The predicted molar refractivity (Wildman–Crippen MR) is 102 cm³/mol. The molecule has 3 heterocycles. The number of nitrogens with one attached hydrogen (secondary N) is 1. The number of ether oxygens (including phenoxy) is 1. The highest BCUT2D eigenvalue weighted by molar-refractivity contribution is 9.10. The molecule has 26 heavy (non-hydrogen) atoms. The van der Waals surface area contributed by atoms with Gasteiger partial charge in [-0.25, -0.2) is 9.97 Å². The highest BCUT2D eigenvalue weighted by Gasteiger charge is 2.17. The largest absolute Gasteiger partial charge is 0.492 e. The van der Waals surface area contributed by atoms with Crippen LogP contribution in [0.1, 0.15) is 23.2 Å². The molecule has 2 bridgehead atoms. The minimum Gasteiger partial charge on any atom is -0.492 e. The van der Waals surface area contributed by atoms with Gasteiger partial charge in [-0.15, -0.1) is 0 Å². The van der Waals surface area contributed by atoms with Crippen molar-refractivity contribution in [2.24, 2.45) is 0 Å². The van der Waals surface area contributed by atoms with Crippen molar-refractivity contribution in [3.8, 4) is 17.3 Å². The third-order valence-electron chi connectivity index (χ3n) is 4.19. The fourth-order valence-corrected chi connectivity index (χ4v) is 3.41. The lowest BCUT2D eigenvalue weighted by atomic mass is 10.2. The van der Waals surface area contributed by atoms with Gasteiger partial charge in [-0.1, -0.05) is 12.1 Å². The second-order valence-corrected chi connectivity index (χ2v) is 6.83. The van der Waals surface area contributed by atoms with E-state index < -0.39 is 0 Å². The smallest absolute Gasteiger partial charge is 0.260 e. The first-order valence-electron chi connectivity index (χ1n) is 8.43.